The maximum atomic E-state index is 13.5. The topological polar surface area (TPSA) is 85.1 Å². The van der Waals surface area contributed by atoms with E-state index in [1.165, 1.54) is 25.3 Å². The highest BCUT2D eigenvalue weighted by molar-refractivity contribution is 5.94. The number of piperazine rings is 1. The molecule has 1 unspecified atom stereocenters. The average molecular weight is 351 g/mol. The van der Waals surface area contributed by atoms with Crippen molar-refractivity contribution in [2.24, 2.45) is 5.73 Å². The zero-order valence-corrected chi connectivity index (χ0v) is 14.2. The molecule has 2 fully saturated rings. The van der Waals surface area contributed by atoms with Gasteiger partial charge in [-0.1, -0.05) is 0 Å². The lowest BCUT2D eigenvalue weighted by Gasteiger charge is -2.43. The summed E-state index contributed by atoms with van der Waals surface area (Å²) >= 11 is 0. The van der Waals surface area contributed by atoms with Crippen LogP contribution in [0.3, 0.4) is 0 Å². The summed E-state index contributed by atoms with van der Waals surface area (Å²) in [5.74, 6) is -1.03. The molecular weight excluding hydrogens is 329 g/mol. The van der Waals surface area contributed by atoms with Crippen LogP contribution in [0.2, 0.25) is 0 Å². The highest BCUT2D eigenvalue weighted by Crippen LogP contribution is 2.28. The van der Waals surface area contributed by atoms with E-state index < -0.39 is 11.4 Å². The van der Waals surface area contributed by atoms with Gasteiger partial charge >= 0.3 is 0 Å². The number of rotatable bonds is 4. The Morgan fingerprint density at radius 3 is 2.56 bits per heavy atom. The van der Waals surface area contributed by atoms with Crippen molar-refractivity contribution in [3.63, 3.8) is 0 Å². The predicted octanol–water partition coefficient (Wildman–Crippen LogP) is 0.237. The lowest BCUT2D eigenvalue weighted by Crippen LogP contribution is -2.63. The molecule has 1 atom stereocenters. The van der Waals surface area contributed by atoms with E-state index >= 15 is 0 Å². The largest absolute Gasteiger partial charge is 0.494 e. The van der Waals surface area contributed by atoms with Crippen molar-refractivity contribution < 1.29 is 23.5 Å². The fourth-order valence-corrected chi connectivity index (χ4v) is 3.47. The number of halogens is 1. The van der Waals surface area contributed by atoms with Gasteiger partial charge in [0.2, 0.25) is 5.91 Å². The number of nitrogens with zero attached hydrogens (tertiary/aromatic N) is 2. The number of methoxy groups -OCH3 is 1. The lowest BCUT2D eigenvalue weighted by molar-refractivity contribution is -0.131. The van der Waals surface area contributed by atoms with Gasteiger partial charge in [0.25, 0.3) is 5.91 Å². The van der Waals surface area contributed by atoms with Crippen LogP contribution in [-0.4, -0.2) is 73.7 Å². The molecule has 0 radical (unpaired) electrons. The standard InChI is InChI=1S/C17H22FN3O4/c1-24-14-10-12(2-3-13(14)18)15(22)20-5-7-21(8-6-20)17(16(19)23)4-9-25-11-17/h2-3,10H,4-9,11H2,1H3,(H2,19,23). The van der Waals surface area contributed by atoms with Gasteiger partial charge in [-0.25, -0.2) is 4.39 Å². The zero-order valence-electron chi connectivity index (χ0n) is 14.2. The van der Waals surface area contributed by atoms with E-state index in [-0.39, 0.29) is 17.6 Å². The Kier molecular flexibility index (Phi) is 4.91. The molecule has 0 aliphatic carbocycles. The Hall–Kier alpha value is -2.19. The van der Waals surface area contributed by atoms with Gasteiger partial charge in [-0.2, -0.15) is 0 Å². The van der Waals surface area contributed by atoms with Crippen LogP contribution >= 0.6 is 0 Å². The molecule has 2 aliphatic heterocycles. The van der Waals surface area contributed by atoms with Crippen LogP contribution < -0.4 is 10.5 Å². The van der Waals surface area contributed by atoms with Crippen LogP contribution in [-0.2, 0) is 9.53 Å². The van der Waals surface area contributed by atoms with Crippen molar-refractivity contribution in [1.29, 1.82) is 0 Å². The molecule has 2 N–H and O–H groups in total. The highest BCUT2D eigenvalue weighted by atomic mass is 19.1. The summed E-state index contributed by atoms with van der Waals surface area (Å²) in [5, 5.41) is 0. The second-order valence-corrected chi connectivity index (χ2v) is 6.33. The fraction of sp³-hybridized carbons (Fsp3) is 0.529. The summed E-state index contributed by atoms with van der Waals surface area (Å²) in [6, 6.07) is 4.07. The first-order valence-electron chi connectivity index (χ1n) is 8.23. The quantitative estimate of drug-likeness (QED) is 0.840. The Bertz CT molecular complexity index is 668. The number of nitrogens with two attached hydrogens (primary N) is 1. The van der Waals surface area contributed by atoms with E-state index in [1.54, 1.807) is 4.90 Å². The molecule has 2 heterocycles. The van der Waals surface area contributed by atoms with E-state index in [0.29, 0.717) is 51.4 Å². The van der Waals surface area contributed by atoms with E-state index in [0.717, 1.165) is 0 Å². The van der Waals surface area contributed by atoms with Crippen molar-refractivity contribution in [2.45, 2.75) is 12.0 Å². The third-order valence-electron chi connectivity index (χ3n) is 5.03. The van der Waals surface area contributed by atoms with Gasteiger partial charge in [0.1, 0.15) is 5.54 Å². The smallest absolute Gasteiger partial charge is 0.254 e. The van der Waals surface area contributed by atoms with Crippen molar-refractivity contribution in [2.75, 3.05) is 46.5 Å². The molecule has 25 heavy (non-hydrogen) atoms. The molecule has 2 saturated heterocycles. The minimum absolute atomic E-state index is 0.0419. The molecule has 0 saturated carbocycles. The molecule has 3 rings (SSSR count). The van der Waals surface area contributed by atoms with Gasteiger partial charge in [-0.15, -0.1) is 0 Å². The third kappa shape index (κ3) is 3.19. The minimum atomic E-state index is -0.770. The van der Waals surface area contributed by atoms with E-state index in [4.69, 9.17) is 15.2 Å². The van der Waals surface area contributed by atoms with Crippen LogP contribution in [0, 0.1) is 5.82 Å². The molecule has 0 bridgehead atoms. The Balaban J connectivity index is 1.68. The SMILES string of the molecule is COc1cc(C(=O)N2CCN(C3(C(N)=O)CCOC3)CC2)ccc1F. The Morgan fingerprint density at radius 2 is 2.00 bits per heavy atom. The number of carbonyl (C=O) groups is 2. The second-order valence-electron chi connectivity index (χ2n) is 6.33. The van der Waals surface area contributed by atoms with Crippen molar-refractivity contribution in [3.05, 3.63) is 29.6 Å². The van der Waals surface area contributed by atoms with Gasteiger partial charge in [0, 0.05) is 44.8 Å². The molecular formula is C17H22FN3O4. The van der Waals surface area contributed by atoms with Crippen molar-refractivity contribution in [1.82, 2.24) is 9.80 Å². The minimum Gasteiger partial charge on any atom is -0.494 e. The Labute approximate surface area is 145 Å². The van der Waals surface area contributed by atoms with Gasteiger partial charge < -0.3 is 20.1 Å². The zero-order chi connectivity index (χ0) is 18.0. The van der Waals surface area contributed by atoms with Gasteiger partial charge in [-0.3, -0.25) is 14.5 Å². The van der Waals surface area contributed by atoms with Crippen molar-refractivity contribution >= 4 is 11.8 Å². The molecule has 1 aromatic rings. The molecule has 7 nitrogen and oxygen atoms in total. The first-order valence-corrected chi connectivity index (χ1v) is 8.23. The molecule has 2 aliphatic rings. The van der Waals surface area contributed by atoms with E-state index in [9.17, 15) is 14.0 Å². The van der Waals surface area contributed by atoms with Crippen LogP contribution in [0.25, 0.3) is 0 Å². The monoisotopic (exact) mass is 351 g/mol. The maximum Gasteiger partial charge on any atom is 0.254 e. The van der Waals surface area contributed by atoms with Crippen molar-refractivity contribution in [3.8, 4) is 5.75 Å². The summed E-state index contributed by atoms with van der Waals surface area (Å²) in [6.45, 7) is 2.82. The summed E-state index contributed by atoms with van der Waals surface area (Å²) in [4.78, 5) is 28.3. The summed E-state index contributed by atoms with van der Waals surface area (Å²) in [5.41, 5.74) is 5.21. The number of benzene rings is 1. The molecule has 2 amide bonds. The molecule has 8 heteroatoms. The van der Waals surface area contributed by atoms with Crippen LogP contribution in [0.15, 0.2) is 18.2 Å². The summed E-state index contributed by atoms with van der Waals surface area (Å²) in [6.07, 6.45) is 0.575. The highest BCUT2D eigenvalue weighted by Gasteiger charge is 2.47. The van der Waals surface area contributed by atoms with Gasteiger partial charge in [-0.05, 0) is 18.2 Å². The molecule has 0 aromatic heterocycles. The predicted molar refractivity (Wildman–Crippen MR) is 87.8 cm³/mol. The number of amides is 2. The summed E-state index contributed by atoms with van der Waals surface area (Å²) < 4.78 is 23.8. The average Bonchev–Trinajstić information content (AvgIpc) is 3.13. The summed E-state index contributed by atoms with van der Waals surface area (Å²) in [7, 11) is 1.36. The maximum absolute atomic E-state index is 13.5. The number of hydrogen-bond acceptors (Lipinski definition) is 5. The van der Waals surface area contributed by atoms with Crippen LogP contribution in [0.5, 0.6) is 5.75 Å². The first kappa shape index (κ1) is 17.6. The molecule has 0 spiro atoms. The molecule has 1 aromatic carbocycles. The van der Waals surface area contributed by atoms with Crippen LogP contribution in [0.4, 0.5) is 4.39 Å². The number of carbonyl (C=O) groups excluding carboxylic acids is 2. The molecule has 136 valence electrons. The van der Waals surface area contributed by atoms with Crippen LogP contribution in [0.1, 0.15) is 16.8 Å². The number of ether oxygens (including phenoxy) is 2. The second kappa shape index (κ2) is 6.97. The normalized spacial score (nSPS) is 24.3. The van der Waals surface area contributed by atoms with Gasteiger partial charge in [0.05, 0.1) is 13.7 Å². The van der Waals surface area contributed by atoms with Gasteiger partial charge in [0.15, 0.2) is 11.6 Å². The number of hydrogen-bond donors (Lipinski definition) is 1. The van der Waals surface area contributed by atoms with E-state index in [1.807, 2.05) is 4.90 Å². The fourth-order valence-electron chi connectivity index (χ4n) is 3.47. The lowest BCUT2D eigenvalue weighted by atomic mass is 9.94. The first-order chi connectivity index (χ1) is 12.0. The Morgan fingerprint density at radius 1 is 1.28 bits per heavy atom. The number of primary amides is 1. The third-order valence-corrected chi connectivity index (χ3v) is 5.03. The van der Waals surface area contributed by atoms with E-state index in [2.05, 4.69) is 0 Å².